The first-order valence-corrected chi connectivity index (χ1v) is 10.7. The Morgan fingerprint density at radius 1 is 1.07 bits per heavy atom. The van der Waals surface area contributed by atoms with Crippen LogP contribution in [0.4, 0.5) is 5.69 Å². The number of benzene rings is 1. The average Bonchev–Trinajstić information content (AvgIpc) is 3.23. The summed E-state index contributed by atoms with van der Waals surface area (Å²) in [6.45, 7) is 6.20. The summed E-state index contributed by atoms with van der Waals surface area (Å²) >= 11 is 0. The van der Waals surface area contributed by atoms with E-state index in [0.29, 0.717) is 5.92 Å². The van der Waals surface area contributed by atoms with Gasteiger partial charge in [-0.05, 0) is 37.3 Å². The molecule has 1 aromatic rings. The molecule has 148 valence electrons. The minimum Gasteiger partial charge on any atom is -0.379 e. The van der Waals surface area contributed by atoms with E-state index in [1.165, 1.54) is 12.1 Å². The van der Waals surface area contributed by atoms with E-state index in [2.05, 4.69) is 45.4 Å². The number of hydrogen-bond acceptors (Lipinski definition) is 4. The Hall–Kier alpha value is -1.59. The third kappa shape index (κ3) is 4.14. The molecule has 1 aromatic carbocycles. The van der Waals surface area contributed by atoms with Crippen molar-refractivity contribution in [2.75, 3.05) is 50.8 Å². The predicted molar refractivity (Wildman–Crippen MR) is 108 cm³/mol. The van der Waals surface area contributed by atoms with Crippen LogP contribution in [0.25, 0.3) is 0 Å². The molecule has 2 heterocycles. The summed E-state index contributed by atoms with van der Waals surface area (Å²) in [6, 6.07) is 10.6. The molecule has 0 bridgehead atoms. The lowest BCUT2D eigenvalue weighted by Crippen LogP contribution is -2.62. The summed E-state index contributed by atoms with van der Waals surface area (Å²) in [7, 11) is 0. The Morgan fingerprint density at radius 3 is 2.56 bits per heavy atom. The van der Waals surface area contributed by atoms with Crippen LogP contribution in [0.2, 0.25) is 0 Å². The first kappa shape index (κ1) is 18.8. The van der Waals surface area contributed by atoms with Crippen LogP contribution < -0.4 is 10.2 Å². The zero-order valence-corrected chi connectivity index (χ0v) is 16.4. The second-order valence-electron chi connectivity index (χ2n) is 8.34. The lowest BCUT2D eigenvalue weighted by atomic mass is 9.79. The molecule has 2 saturated heterocycles. The molecule has 3 aliphatic rings. The normalized spacial score (nSPS) is 26.1. The molecule has 5 nitrogen and oxygen atoms in total. The van der Waals surface area contributed by atoms with Crippen LogP contribution in [-0.4, -0.2) is 62.3 Å². The van der Waals surface area contributed by atoms with Crippen molar-refractivity contribution in [2.45, 2.75) is 44.1 Å². The Morgan fingerprint density at radius 2 is 1.81 bits per heavy atom. The molecule has 3 fully saturated rings. The Kier molecular flexibility index (Phi) is 5.98. The molecule has 5 heteroatoms. The number of carbonyl (C=O) groups is 1. The molecule has 1 saturated carbocycles. The van der Waals surface area contributed by atoms with Crippen molar-refractivity contribution in [3.63, 3.8) is 0 Å². The number of carbonyl (C=O) groups excluding carboxylic acids is 1. The highest BCUT2D eigenvalue weighted by atomic mass is 16.5. The Balaban J connectivity index is 1.34. The number of morpholine rings is 1. The maximum atomic E-state index is 13.3. The van der Waals surface area contributed by atoms with Gasteiger partial charge in [0, 0.05) is 38.4 Å². The molecular weight excluding hydrogens is 338 g/mol. The maximum absolute atomic E-state index is 13.3. The highest BCUT2D eigenvalue weighted by molar-refractivity contribution is 5.86. The van der Waals surface area contributed by atoms with Gasteiger partial charge >= 0.3 is 0 Å². The summed E-state index contributed by atoms with van der Waals surface area (Å²) in [6.07, 6.45) is 6.74. The van der Waals surface area contributed by atoms with Gasteiger partial charge in [0.15, 0.2) is 0 Å². The highest BCUT2D eigenvalue weighted by Crippen LogP contribution is 2.35. The minimum absolute atomic E-state index is 0.266. The van der Waals surface area contributed by atoms with E-state index in [1.807, 2.05) is 0 Å². The summed E-state index contributed by atoms with van der Waals surface area (Å²) in [5, 5.41) is 3.36. The van der Waals surface area contributed by atoms with Gasteiger partial charge < -0.3 is 15.0 Å². The Labute approximate surface area is 163 Å². The maximum Gasteiger partial charge on any atom is 0.240 e. The molecule has 1 aliphatic carbocycles. The van der Waals surface area contributed by atoms with Crippen molar-refractivity contribution >= 4 is 11.6 Å². The Bertz CT molecular complexity index is 609. The van der Waals surface area contributed by atoms with E-state index in [9.17, 15) is 4.79 Å². The molecule has 1 N–H and O–H groups in total. The highest BCUT2D eigenvalue weighted by Gasteiger charge is 2.45. The number of amides is 1. The predicted octanol–water partition coefficient (Wildman–Crippen LogP) is 2.66. The summed E-state index contributed by atoms with van der Waals surface area (Å²) in [5.74, 6) is 0.807. The van der Waals surface area contributed by atoms with Gasteiger partial charge in [0.1, 0.15) is 5.54 Å². The minimum atomic E-state index is -0.292. The number of rotatable bonds is 5. The number of hydrogen-bond donors (Lipinski definition) is 1. The van der Waals surface area contributed by atoms with Crippen LogP contribution in [0.15, 0.2) is 30.3 Å². The van der Waals surface area contributed by atoms with Crippen LogP contribution in [0, 0.1) is 5.92 Å². The fourth-order valence-corrected chi connectivity index (χ4v) is 5.09. The van der Waals surface area contributed by atoms with Gasteiger partial charge in [0.05, 0.1) is 13.2 Å². The molecule has 1 unspecified atom stereocenters. The second-order valence-corrected chi connectivity index (χ2v) is 8.34. The molecule has 27 heavy (non-hydrogen) atoms. The van der Waals surface area contributed by atoms with E-state index < -0.39 is 0 Å². The van der Waals surface area contributed by atoms with Crippen LogP contribution in [-0.2, 0) is 9.53 Å². The quantitative estimate of drug-likeness (QED) is 0.864. The van der Waals surface area contributed by atoms with Gasteiger partial charge in [0.25, 0.3) is 0 Å². The standard InChI is InChI=1S/C22H33N3O2/c26-21(22(10-5-2-6-11-22)25-13-15-27-16-14-25)23-17-19-9-12-24(18-19)20-7-3-1-4-8-20/h1,3-4,7-8,19H,2,5-6,9-18H2,(H,23,26). The van der Waals surface area contributed by atoms with Crippen molar-refractivity contribution in [2.24, 2.45) is 5.92 Å². The molecule has 0 spiro atoms. The molecular formula is C22H33N3O2. The molecule has 1 amide bonds. The van der Waals surface area contributed by atoms with Gasteiger partial charge in [-0.25, -0.2) is 0 Å². The van der Waals surface area contributed by atoms with E-state index in [0.717, 1.165) is 78.0 Å². The molecule has 2 aliphatic heterocycles. The smallest absolute Gasteiger partial charge is 0.240 e. The first-order valence-electron chi connectivity index (χ1n) is 10.7. The van der Waals surface area contributed by atoms with Crippen molar-refractivity contribution in [3.8, 4) is 0 Å². The fraction of sp³-hybridized carbons (Fsp3) is 0.682. The topological polar surface area (TPSA) is 44.8 Å². The summed E-state index contributed by atoms with van der Waals surface area (Å²) in [4.78, 5) is 18.2. The van der Waals surface area contributed by atoms with Crippen molar-refractivity contribution in [1.29, 1.82) is 0 Å². The van der Waals surface area contributed by atoms with E-state index in [-0.39, 0.29) is 11.4 Å². The van der Waals surface area contributed by atoms with Gasteiger partial charge in [-0.1, -0.05) is 37.5 Å². The van der Waals surface area contributed by atoms with Crippen LogP contribution in [0.5, 0.6) is 0 Å². The lowest BCUT2D eigenvalue weighted by molar-refractivity contribution is -0.140. The summed E-state index contributed by atoms with van der Waals surface area (Å²) < 4.78 is 5.53. The van der Waals surface area contributed by atoms with Crippen LogP contribution >= 0.6 is 0 Å². The second kappa shape index (κ2) is 8.61. The molecule has 1 atom stereocenters. The van der Waals surface area contributed by atoms with Gasteiger partial charge in [-0.3, -0.25) is 9.69 Å². The first-order chi connectivity index (χ1) is 13.3. The monoisotopic (exact) mass is 371 g/mol. The van der Waals surface area contributed by atoms with Gasteiger partial charge in [0.2, 0.25) is 5.91 Å². The van der Waals surface area contributed by atoms with Crippen molar-refractivity contribution < 1.29 is 9.53 Å². The number of nitrogens with one attached hydrogen (secondary N) is 1. The van der Waals surface area contributed by atoms with Crippen molar-refractivity contribution in [1.82, 2.24) is 10.2 Å². The SMILES string of the molecule is O=C(NCC1CCN(c2ccccc2)C1)C1(N2CCOCC2)CCCCC1. The van der Waals surface area contributed by atoms with E-state index in [1.54, 1.807) is 0 Å². The summed E-state index contributed by atoms with van der Waals surface area (Å²) in [5.41, 5.74) is 1.00. The van der Waals surface area contributed by atoms with Gasteiger partial charge in [-0.2, -0.15) is 0 Å². The van der Waals surface area contributed by atoms with Crippen LogP contribution in [0.1, 0.15) is 38.5 Å². The third-order valence-electron chi connectivity index (χ3n) is 6.68. The zero-order chi connectivity index (χ0) is 18.5. The lowest BCUT2D eigenvalue weighted by Gasteiger charge is -2.46. The van der Waals surface area contributed by atoms with Crippen LogP contribution in [0.3, 0.4) is 0 Å². The largest absolute Gasteiger partial charge is 0.379 e. The number of nitrogens with zero attached hydrogens (tertiary/aromatic N) is 2. The third-order valence-corrected chi connectivity index (χ3v) is 6.68. The zero-order valence-electron chi connectivity index (χ0n) is 16.4. The van der Waals surface area contributed by atoms with E-state index in [4.69, 9.17) is 4.74 Å². The molecule has 0 aromatic heterocycles. The number of anilines is 1. The number of para-hydroxylation sites is 1. The fourth-order valence-electron chi connectivity index (χ4n) is 5.09. The van der Waals surface area contributed by atoms with Gasteiger partial charge in [-0.15, -0.1) is 0 Å². The molecule has 4 rings (SSSR count). The van der Waals surface area contributed by atoms with Crippen molar-refractivity contribution in [3.05, 3.63) is 30.3 Å². The molecule has 0 radical (unpaired) electrons. The number of ether oxygens (including phenoxy) is 1. The van der Waals surface area contributed by atoms with E-state index >= 15 is 0 Å². The average molecular weight is 372 g/mol.